The summed E-state index contributed by atoms with van der Waals surface area (Å²) in [5, 5.41) is 0. The van der Waals surface area contributed by atoms with Gasteiger partial charge in [0.1, 0.15) is 11.6 Å². The summed E-state index contributed by atoms with van der Waals surface area (Å²) in [4.78, 5) is 28.1. The smallest absolute Gasteiger partial charge is 0.257 e. The third kappa shape index (κ3) is 3.38. The van der Waals surface area contributed by atoms with Crippen molar-refractivity contribution in [1.82, 2.24) is 9.80 Å². The predicted molar refractivity (Wildman–Crippen MR) is 89.2 cm³/mol. The van der Waals surface area contributed by atoms with E-state index in [1.807, 2.05) is 0 Å². The Hall–Kier alpha value is -2.76. The second-order valence-electron chi connectivity index (χ2n) is 6.06. The summed E-state index contributed by atoms with van der Waals surface area (Å²) in [6.45, 7) is 2.61. The molecule has 2 amide bonds. The lowest BCUT2D eigenvalue weighted by Gasteiger charge is -2.40. The van der Waals surface area contributed by atoms with E-state index in [-0.39, 0.29) is 36.8 Å². The van der Waals surface area contributed by atoms with Gasteiger partial charge >= 0.3 is 0 Å². The van der Waals surface area contributed by atoms with E-state index in [9.17, 15) is 18.4 Å². The highest BCUT2D eigenvalue weighted by Crippen LogP contribution is 2.18. The van der Waals surface area contributed by atoms with E-state index in [2.05, 4.69) is 0 Å². The fraction of sp³-hybridized carbons (Fsp3) is 0.263. The molecule has 0 spiro atoms. The van der Waals surface area contributed by atoms with Crippen molar-refractivity contribution < 1.29 is 18.4 Å². The first-order valence-corrected chi connectivity index (χ1v) is 8.08. The van der Waals surface area contributed by atoms with Crippen LogP contribution in [0.2, 0.25) is 0 Å². The monoisotopic (exact) mass is 344 g/mol. The first kappa shape index (κ1) is 17.1. The Kier molecular flexibility index (Phi) is 4.79. The number of nitrogens with zero attached hydrogens (tertiary/aromatic N) is 2. The Bertz CT molecular complexity index is 810. The first-order valence-electron chi connectivity index (χ1n) is 8.08. The summed E-state index contributed by atoms with van der Waals surface area (Å²) >= 11 is 0. The Labute approximate surface area is 144 Å². The number of piperazine rings is 1. The molecular formula is C19H18F2N2O2. The van der Waals surface area contributed by atoms with E-state index >= 15 is 0 Å². The molecule has 6 heteroatoms. The largest absolute Gasteiger partial charge is 0.335 e. The average Bonchev–Trinajstić information content (AvgIpc) is 2.61. The molecule has 0 bridgehead atoms. The van der Waals surface area contributed by atoms with Crippen molar-refractivity contribution in [3.63, 3.8) is 0 Å². The lowest BCUT2D eigenvalue weighted by atomic mass is 10.1. The van der Waals surface area contributed by atoms with Gasteiger partial charge in [0.2, 0.25) is 0 Å². The van der Waals surface area contributed by atoms with Crippen LogP contribution >= 0.6 is 0 Å². The number of carbonyl (C=O) groups excluding carboxylic acids is 2. The topological polar surface area (TPSA) is 40.6 Å². The molecule has 1 saturated heterocycles. The first-order chi connectivity index (χ1) is 12.0. The third-order valence-corrected chi connectivity index (χ3v) is 4.38. The van der Waals surface area contributed by atoms with Crippen LogP contribution in [0.3, 0.4) is 0 Å². The molecular weight excluding hydrogens is 326 g/mol. The van der Waals surface area contributed by atoms with Gasteiger partial charge in [0.25, 0.3) is 11.8 Å². The maximum Gasteiger partial charge on any atom is 0.257 e. The van der Waals surface area contributed by atoms with Gasteiger partial charge in [-0.2, -0.15) is 0 Å². The van der Waals surface area contributed by atoms with Gasteiger partial charge in [-0.1, -0.05) is 24.3 Å². The molecule has 0 aromatic heterocycles. The number of hydrogen-bond acceptors (Lipinski definition) is 2. The molecule has 1 aliphatic rings. The van der Waals surface area contributed by atoms with Crippen molar-refractivity contribution in [2.75, 3.05) is 19.6 Å². The number of amides is 2. The van der Waals surface area contributed by atoms with Crippen molar-refractivity contribution in [2.45, 2.75) is 13.0 Å². The maximum absolute atomic E-state index is 13.8. The zero-order valence-electron chi connectivity index (χ0n) is 13.8. The average molecular weight is 344 g/mol. The maximum atomic E-state index is 13.8. The highest BCUT2D eigenvalue weighted by atomic mass is 19.1. The third-order valence-electron chi connectivity index (χ3n) is 4.38. The number of rotatable bonds is 2. The highest BCUT2D eigenvalue weighted by molar-refractivity contribution is 5.96. The predicted octanol–water partition coefficient (Wildman–Crippen LogP) is 2.95. The second kappa shape index (κ2) is 7.01. The van der Waals surface area contributed by atoms with Gasteiger partial charge in [-0.3, -0.25) is 9.59 Å². The second-order valence-corrected chi connectivity index (χ2v) is 6.06. The van der Waals surface area contributed by atoms with Gasteiger partial charge in [-0.05, 0) is 31.2 Å². The van der Waals surface area contributed by atoms with E-state index < -0.39 is 23.4 Å². The quantitative estimate of drug-likeness (QED) is 0.840. The van der Waals surface area contributed by atoms with E-state index in [1.165, 1.54) is 41.3 Å². The number of benzene rings is 2. The summed E-state index contributed by atoms with van der Waals surface area (Å²) in [7, 11) is 0. The summed E-state index contributed by atoms with van der Waals surface area (Å²) < 4.78 is 27.6. The minimum atomic E-state index is -0.565. The van der Waals surface area contributed by atoms with Gasteiger partial charge in [0.05, 0.1) is 11.1 Å². The molecule has 0 radical (unpaired) electrons. The van der Waals surface area contributed by atoms with Crippen molar-refractivity contribution in [2.24, 2.45) is 0 Å². The van der Waals surface area contributed by atoms with Crippen LogP contribution < -0.4 is 0 Å². The summed E-state index contributed by atoms with van der Waals surface area (Å²) in [6.07, 6.45) is 0. The Morgan fingerprint density at radius 3 is 1.92 bits per heavy atom. The van der Waals surface area contributed by atoms with E-state index in [4.69, 9.17) is 0 Å². The summed E-state index contributed by atoms with van der Waals surface area (Å²) in [6, 6.07) is 11.4. The van der Waals surface area contributed by atoms with Crippen LogP contribution in [0.4, 0.5) is 8.78 Å². The van der Waals surface area contributed by atoms with Gasteiger partial charge in [0, 0.05) is 25.7 Å². The lowest BCUT2D eigenvalue weighted by molar-refractivity contribution is 0.0409. The van der Waals surface area contributed by atoms with Crippen LogP contribution in [0.1, 0.15) is 27.6 Å². The number of halogens is 2. The van der Waals surface area contributed by atoms with Gasteiger partial charge < -0.3 is 9.80 Å². The van der Waals surface area contributed by atoms with Gasteiger partial charge in [-0.15, -0.1) is 0 Å². The Morgan fingerprint density at radius 1 is 0.880 bits per heavy atom. The minimum Gasteiger partial charge on any atom is -0.335 e. The molecule has 3 rings (SSSR count). The number of carbonyl (C=O) groups is 2. The summed E-state index contributed by atoms with van der Waals surface area (Å²) in [5.74, 6) is -1.93. The summed E-state index contributed by atoms with van der Waals surface area (Å²) in [5.41, 5.74) is 0.0341. The molecule has 1 heterocycles. The standard InChI is InChI=1S/C19H18F2N2O2/c1-13-12-22(18(24)14-6-2-4-8-16(14)20)10-11-23(13)19(25)15-7-3-5-9-17(15)21/h2-9,13H,10-12H2,1H3/t13-/m0/s1. The van der Waals surface area contributed by atoms with Crippen molar-refractivity contribution in [1.29, 1.82) is 0 Å². The lowest BCUT2D eigenvalue weighted by Crippen LogP contribution is -2.55. The molecule has 0 N–H and O–H groups in total. The molecule has 25 heavy (non-hydrogen) atoms. The van der Waals surface area contributed by atoms with Crippen molar-refractivity contribution >= 4 is 11.8 Å². The van der Waals surface area contributed by atoms with Crippen molar-refractivity contribution in [3.05, 3.63) is 71.3 Å². The highest BCUT2D eigenvalue weighted by Gasteiger charge is 2.32. The van der Waals surface area contributed by atoms with E-state index in [1.54, 1.807) is 24.0 Å². The van der Waals surface area contributed by atoms with E-state index in [0.29, 0.717) is 0 Å². The Morgan fingerprint density at radius 2 is 1.40 bits per heavy atom. The Balaban J connectivity index is 1.73. The fourth-order valence-electron chi connectivity index (χ4n) is 3.04. The van der Waals surface area contributed by atoms with E-state index in [0.717, 1.165) is 0 Å². The fourth-order valence-corrected chi connectivity index (χ4v) is 3.04. The zero-order valence-corrected chi connectivity index (χ0v) is 13.8. The van der Waals surface area contributed by atoms with Crippen LogP contribution in [0, 0.1) is 11.6 Å². The minimum absolute atomic E-state index is 0.0169. The molecule has 2 aromatic rings. The normalized spacial score (nSPS) is 17.5. The zero-order chi connectivity index (χ0) is 18.0. The van der Waals surface area contributed by atoms with Crippen LogP contribution in [-0.2, 0) is 0 Å². The van der Waals surface area contributed by atoms with Gasteiger partial charge in [-0.25, -0.2) is 8.78 Å². The van der Waals surface area contributed by atoms with Crippen LogP contribution in [0.15, 0.2) is 48.5 Å². The molecule has 0 aliphatic carbocycles. The molecule has 1 fully saturated rings. The molecule has 2 aromatic carbocycles. The van der Waals surface area contributed by atoms with Gasteiger partial charge in [0.15, 0.2) is 0 Å². The van der Waals surface area contributed by atoms with Crippen LogP contribution in [-0.4, -0.2) is 47.3 Å². The molecule has 1 atom stereocenters. The molecule has 130 valence electrons. The molecule has 1 aliphatic heterocycles. The van der Waals surface area contributed by atoms with Crippen molar-refractivity contribution in [3.8, 4) is 0 Å². The van der Waals surface area contributed by atoms with Crippen LogP contribution in [0.25, 0.3) is 0 Å². The number of hydrogen-bond donors (Lipinski definition) is 0. The molecule has 0 unspecified atom stereocenters. The molecule has 4 nitrogen and oxygen atoms in total. The molecule has 0 saturated carbocycles. The SMILES string of the molecule is C[C@H]1CN(C(=O)c2ccccc2F)CCN1C(=O)c1ccccc1F. The van der Waals surface area contributed by atoms with Crippen LogP contribution in [0.5, 0.6) is 0 Å².